The van der Waals surface area contributed by atoms with Crippen molar-refractivity contribution in [3.63, 3.8) is 0 Å². The molecule has 0 saturated heterocycles. The van der Waals surface area contributed by atoms with Crippen LogP contribution in [-0.2, 0) is 10.9 Å². The monoisotopic (exact) mass is 135 g/mol. The first-order valence-corrected chi connectivity index (χ1v) is 3.44. The van der Waals surface area contributed by atoms with Gasteiger partial charge in [-0.25, -0.2) is 8.42 Å². The van der Waals surface area contributed by atoms with Crippen molar-refractivity contribution >= 4 is 17.1 Å². The van der Waals surface area contributed by atoms with Crippen molar-refractivity contribution in [3.05, 3.63) is 0 Å². The molecule has 0 radical (unpaired) electrons. The molecule has 0 unspecified atom stereocenters. The summed E-state index contributed by atoms with van der Waals surface area (Å²) in [7, 11) is -2.56. The van der Waals surface area contributed by atoms with Crippen LogP contribution in [0.25, 0.3) is 0 Å². The Labute approximate surface area is 50.5 Å². The molecule has 4 heteroatoms. The molecular weight excluding hydrogens is 126 g/mol. The predicted octanol–water partition coefficient (Wildman–Crippen LogP) is 0.240. The molecule has 0 aromatic rings. The lowest BCUT2D eigenvalue weighted by Crippen LogP contribution is -1.86. The molecule has 0 rings (SSSR count). The fraction of sp³-hybridized carbons (Fsp3) is 0.750. The van der Waals surface area contributed by atoms with E-state index in [1.807, 2.05) is 13.8 Å². The first kappa shape index (κ1) is 7.62. The van der Waals surface area contributed by atoms with Gasteiger partial charge in [-0.1, -0.05) is 13.8 Å². The fourth-order valence-electron chi connectivity index (χ4n) is 0.188. The number of hydrogen-bond acceptors (Lipinski definition) is 2. The van der Waals surface area contributed by atoms with Gasteiger partial charge in [-0.05, 0) is 5.92 Å². The lowest BCUT2D eigenvalue weighted by molar-refractivity contribution is 0.616. The van der Waals surface area contributed by atoms with Gasteiger partial charge >= 0.3 is 0 Å². The molecule has 0 spiro atoms. The van der Waals surface area contributed by atoms with Crippen molar-refractivity contribution in [1.29, 1.82) is 0 Å². The molecule has 48 valence electrons. The topological polar surface area (TPSA) is 46.5 Å². The molecule has 0 fully saturated rings. The van der Waals surface area contributed by atoms with E-state index in [4.69, 9.17) is 0 Å². The number of nitrogens with zero attached hydrogens (tertiary/aromatic N) is 1. The first-order chi connectivity index (χ1) is 3.63. The first-order valence-electron chi connectivity index (χ1n) is 2.31. The molecule has 0 atom stereocenters. The van der Waals surface area contributed by atoms with Crippen LogP contribution in [0.15, 0.2) is 4.40 Å². The zero-order valence-corrected chi connectivity index (χ0v) is 5.76. The SMILES string of the molecule is CC(C)C=N[SH](=O)=O. The van der Waals surface area contributed by atoms with Crippen molar-refractivity contribution in [2.24, 2.45) is 10.3 Å². The molecule has 0 aliphatic carbocycles. The molecule has 0 heterocycles. The van der Waals surface area contributed by atoms with Crippen molar-refractivity contribution < 1.29 is 8.42 Å². The molecule has 0 aromatic carbocycles. The minimum Gasteiger partial charge on any atom is -0.208 e. The van der Waals surface area contributed by atoms with Crippen molar-refractivity contribution in [1.82, 2.24) is 0 Å². The lowest BCUT2D eigenvalue weighted by atomic mass is 10.3. The second-order valence-electron chi connectivity index (χ2n) is 1.75. The molecule has 0 bridgehead atoms. The Kier molecular flexibility index (Phi) is 3.43. The highest BCUT2D eigenvalue weighted by Gasteiger charge is 1.82. The lowest BCUT2D eigenvalue weighted by Gasteiger charge is -1.85. The van der Waals surface area contributed by atoms with Crippen LogP contribution in [0.4, 0.5) is 0 Å². The van der Waals surface area contributed by atoms with Crippen molar-refractivity contribution in [2.45, 2.75) is 13.8 Å². The Morgan fingerprint density at radius 3 is 2.12 bits per heavy atom. The van der Waals surface area contributed by atoms with Gasteiger partial charge in [0, 0.05) is 6.21 Å². The van der Waals surface area contributed by atoms with E-state index < -0.39 is 10.9 Å². The van der Waals surface area contributed by atoms with Crippen LogP contribution >= 0.6 is 0 Å². The summed E-state index contributed by atoms with van der Waals surface area (Å²) < 4.78 is 22.6. The van der Waals surface area contributed by atoms with E-state index in [-0.39, 0.29) is 5.92 Å². The zero-order chi connectivity index (χ0) is 6.57. The molecule has 0 saturated carbocycles. The molecule has 0 amide bonds. The van der Waals surface area contributed by atoms with Gasteiger partial charge in [0.1, 0.15) is 0 Å². The molecular formula is C4H9NO2S. The zero-order valence-electron chi connectivity index (χ0n) is 4.87. The number of hydrogen-bond donors (Lipinski definition) is 1. The standard InChI is InChI=1S/C4H9NO2S/c1-4(2)3-5-8(6)7/h3-4,8H,1-2H3. The van der Waals surface area contributed by atoms with E-state index in [0.717, 1.165) is 0 Å². The molecule has 8 heavy (non-hydrogen) atoms. The summed E-state index contributed by atoms with van der Waals surface area (Å²) in [5, 5.41) is 0. The smallest absolute Gasteiger partial charge is 0.208 e. The van der Waals surface area contributed by atoms with Crippen LogP contribution in [0.2, 0.25) is 0 Å². The Bertz CT molecular complexity index is 140. The normalized spacial score (nSPS) is 12.0. The van der Waals surface area contributed by atoms with Crippen molar-refractivity contribution in [2.75, 3.05) is 0 Å². The van der Waals surface area contributed by atoms with Gasteiger partial charge < -0.3 is 0 Å². The van der Waals surface area contributed by atoms with Gasteiger partial charge in [-0.3, -0.25) is 0 Å². The Morgan fingerprint density at radius 1 is 1.50 bits per heavy atom. The number of rotatable bonds is 2. The maximum Gasteiger partial charge on any atom is 0.242 e. The maximum absolute atomic E-state index is 9.74. The summed E-state index contributed by atoms with van der Waals surface area (Å²) in [5.74, 6) is 0.211. The van der Waals surface area contributed by atoms with Crippen LogP contribution in [0.5, 0.6) is 0 Å². The molecule has 0 N–H and O–H groups in total. The molecule has 0 aliphatic rings. The van der Waals surface area contributed by atoms with Gasteiger partial charge in [0.15, 0.2) is 0 Å². The summed E-state index contributed by atoms with van der Waals surface area (Å²) in [4.78, 5) is 0. The summed E-state index contributed by atoms with van der Waals surface area (Å²) in [6.07, 6.45) is 1.39. The largest absolute Gasteiger partial charge is 0.242 e. The Hall–Kier alpha value is -0.380. The average molecular weight is 135 g/mol. The third-order valence-corrected chi connectivity index (χ3v) is 0.781. The molecule has 0 aliphatic heterocycles. The van der Waals surface area contributed by atoms with E-state index in [2.05, 4.69) is 4.40 Å². The van der Waals surface area contributed by atoms with Crippen LogP contribution in [-0.4, -0.2) is 14.6 Å². The van der Waals surface area contributed by atoms with E-state index in [1.54, 1.807) is 0 Å². The summed E-state index contributed by atoms with van der Waals surface area (Å²) in [6.45, 7) is 3.73. The second-order valence-corrected chi connectivity index (χ2v) is 2.45. The van der Waals surface area contributed by atoms with Crippen LogP contribution in [0.1, 0.15) is 13.8 Å². The summed E-state index contributed by atoms with van der Waals surface area (Å²) in [6, 6.07) is 0. The van der Waals surface area contributed by atoms with Crippen LogP contribution in [0, 0.1) is 5.92 Å². The molecule has 3 nitrogen and oxygen atoms in total. The minimum absolute atomic E-state index is 0.211. The molecule has 0 aromatic heterocycles. The fourth-order valence-corrected chi connectivity index (χ4v) is 0.563. The van der Waals surface area contributed by atoms with E-state index >= 15 is 0 Å². The minimum atomic E-state index is -2.56. The summed E-state index contributed by atoms with van der Waals surface area (Å²) in [5.41, 5.74) is 0. The highest BCUT2D eigenvalue weighted by molar-refractivity contribution is 7.71. The van der Waals surface area contributed by atoms with Gasteiger partial charge in [-0.2, -0.15) is 4.40 Å². The quantitative estimate of drug-likeness (QED) is 0.435. The van der Waals surface area contributed by atoms with Crippen LogP contribution in [0.3, 0.4) is 0 Å². The number of thiol groups is 1. The second kappa shape index (κ2) is 3.60. The van der Waals surface area contributed by atoms with Crippen LogP contribution < -0.4 is 0 Å². The van der Waals surface area contributed by atoms with Gasteiger partial charge in [0.25, 0.3) is 0 Å². The third kappa shape index (κ3) is 5.62. The predicted molar refractivity (Wildman–Crippen MR) is 33.6 cm³/mol. The van der Waals surface area contributed by atoms with E-state index in [0.29, 0.717) is 0 Å². The average Bonchev–Trinajstić information content (AvgIpc) is 1.61. The highest BCUT2D eigenvalue weighted by Crippen LogP contribution is 1.83. The maximum atomic E-state index is 9.74. The van der Waals surface area contributed by atoms with E-state index in [1.165, 1.54) is 6.21 Å². The van der Waals surface area contributed by atoms with Gasteiger partial charge in [0.2, 0.25) is 10.9 Å². The van der Waals surface area contributed by atoms with Crippen molar-refractivity contribution in [3.8, 4) is 0 Å². The Balaban J connectivity index is 3.67. The Morgan fingerprint density at radius 2 is 2.00 bits per heavy atom. The highest BCUT2D eigenvalue weighted by atomic mass is 32.2. The third-order valence-electron chi connectivity index (χ3n) is 0.459. The van der Waals surface area contributed by atoms with E-state index in [9.17, 15) is 8.42 Å². The summed E-state index contributed by atoms with van der Waals surface area (Å²) >= 11 is 0. The van der Waals surface area contributed by atoms with Gasteiger partial charge in [-0.15, -0.1) is 0 Å². The van der Waals surface area contributed by atoms with Gasteiger partial charge in [0.05, 0.1) is 0 Å².